The summed E-state index contributed by atoms with van der Waals surface area (Å²) in [5.74, 6) is -2.09. The van der Waals surface area contributed by atoms with Gasteiger partial charge < -0.3 is 13.9 Å². The Morgan fingerprint density at radius 1 is 1.12 bits per heavy atom. The molecule has 136 valence electrons. The summed E-state index contributed by atoms with van der Waals surface area (Å²) >= 11 is 0. The quantitative estimate of drug-likeness (QED) is 0.751. The highest BCUT2D eigenvalue weighted by molar-refractivity contribution is 7.89. The van der Waals surface area contributed by atoms with Gasteiger partial charge in [-0.05, 0) is 31.2 Å². The smallest absolute Gasteiger partial charge is 0.379 e. The van der Waals surface area contributed by atoms with E-state index in [0.29, 0.717) is 0 Å². The predicted octanol–water partition coefficient (Wildman–Crippen LogP) is 2.00. The molecule has 0 unspecified atom stereocenters. The average Bonchev–Trinajstić information content (AvgIpc) is 3.17. The van der Waals surface area contributed by atoms with E-state index in [-0.39, 0.29) is 34.2 Å². The molecule has 0 fully saturated rings. The van der Waals surface area contributed by atoms with Crippen molar-refractivity contribution in [1.82, 2.24) is 4.31 Å². The number of carbonyl (C=O) groups is 2. The molecule has 2 heterocycles. The molecule has 2 aromatic rings. The molecule has 3 rings (SSSR count). The lowest BCUT2D eigenvalue weighted by molar-refractivity contribution is -0.137. The number of fused-ring (bicyclic) bond motifs is 1. The van der Waals surface area contributed by atoms with Gasteiger partial charge in [-0.2, -0.15) is 0 Å². The fourth-order valence-electron chi connectivity index (χ4n) is 2.62. The van der Waals surface area contributed by atoms with Crippen molar-refractivity contribution in [3.05, 3.63) is 59.7 Å². The Hall–Kier alpha value is -3.07. The van der Waals surface area contributed by atoms with Gasteiger partial charge in [0.05, 0.1) is 18.3 Å². The molecular weight excluding hydrogens is 362 g/mol. The van der Waals surface area contributed by atoms with Crippen LogP contribution in [0, 0.1) is 0 Å². The van der Waals surface area contributed by atoms with E-state index in [9.17, 15) is 18.0 Å². The number of hydrogen-bond donors (Lipinski definition) is 0. The Morgan fingerprint density at radius 2 is 1.85 bits per heavy atom. The van der Waals surface area contributed by atoms with Crippen LogP contribution < -0.4 is 0 Å². The average molecular weight is 377 g/mol. The predicted molar refractivity (Wildman–Crippen MR) is 89.1 cm³/mol. The highest BCUT2D eigenvalue weighted by Gasteiger charge is 2.41. The number of rotatable bonds is 4. The normalized spacial score (nSPS) is 15.4. The van der Waals surface area contributed by atoms with Crippen LogP contribution in [-0.2, 0) is 24.3 Å². The maximum atomic E-state index is 12.9. The summed E-state index contributed by atoms with van der Waals surface area (Å²) in [7, 11) is -2.89. The van der Waals surface area contributed by atoms with Crippen molar-refractivity contribution in [3.8, 4) is 0 Å². The van der Waals surface area contributed by atoms with E-state index >= 15 is 0 Å². The van der Waals surface area contributed by atoms with E-state index in [1.54, 1.807) is 19.1 Å². The van der Waals surface area contributed by atoms with E-state index in [2.05, 4.69) is 0 Å². The molecule has 1 aromatic carbocycles. The van der Waals surface area contributed by atoms with Gasteiger partial charge in [-0.25, -0.2) is 18.0 Å². The lowest BCUT2D eigenvalue weighted by Crippen LogP contribution is -2.38. The number of benzene rings is 1. The molecule has 1 aliphatic heterocycles. The molecule has 0 saturated carbocycles. The summed E-state index contributed by atoms with van der Waals surface area (Å²) in [6.07, 6.45) is 1.30. The summed E-state index contributed by atoms with van der Waals surface area (Å²) in [5.41, 5.74) is -0.272. The van der Waals surface area contributed by atoms with E-state index in [1.165, 1.54) is 30.5 Å². The molecule has 1 aromatic heterocycles. The van der Waals surface area contributed by atoms with Crippen LogP contribution in [0.15, 0.2) is 57.7 Å². The van der Waals surface area contributed by atoms with Gasteiger partial charge in [0, 0.05) is 12.1 Å². The van der Waals surface area contributed by atoms with Crippen LogP contribution in [0.2, 0.25) is 0 Å². The van der Waals surface area contributed by atoms with Crippen molar-refractivity contribution < 1.29 is 31.9 Å². The Morgan fingerprint density at radius 3 is 2.46 bits per heavy atom. The first kappa shape index (κ1) is 17.7. The minimum atomic E-state index is -4.00. The van der Waals surface area contributed by atoms with Crippen LogP contribution in [0.3, 0.4) is 0 Å². The molecule has 26 heavy (non-hydrogen) atoms. The van der Waals surface area contributed by atoms with Crippen LogP contribution >= 0.6 is 0 Å². The summed E-state index contributed by atoms with van der Waals surface area (Å²) in [5, 5.41) is 0. The fourth-order valence-corrected chi connectivity index (χ4v) is 4.28. The second-order valence-electron chi connectivity index (χ2n) is 5.20. The van der Waals surface area contributed by atoms with Gasteiger partial charge in [0.1, 0.15) is 0 Å². The zero-order chi connectivity index (χ0) is 18.9. The van der Waals surface area contributed by atoms with Crippen LogP contribution in [0.5, 0.6) is 0 Å². The third-order valence-corrected chi connectivity index (χ3v) is 5.68. The monoisotopic (exact) mass is 377 g/mol. The first-order valence-electron chi connectivity index (χ1n) is 7.62. The molecular formula is C17H15NO7S. The topological polar surface area (TPSA) is 103 Å². The van der Waals surface area contributed by atoms with Gasteiger partial charge in [0.25, 0.3) is 10.0 Å². The van der Waals surface area contributed by atoms with Crippen molar-refractivity contribution in [2.24, 2.45) is 0 Å². The Labute approximate surface area is 149 Å². The molecule has 8 nitrogen and oxygen atoms in total. The highest BCUT2D eigenvalue weighted by atomic mass is 32.2. The lowest BCUT2D eigenvalue weighted by Gasteiger charge is -2.31. The van der Waals surface area contributed by atoms with Gasteiger partial charge in [0.2, 0.25) is 5.76 Å². The summed E-state index contributed by atoms with van der Waals surface area (Å²) in [4.78, 5) is 24.6. The number of carbonyl (C=O) groups excluding carboxylic acids is 2. The van der Waals surface area contributed by atoms with Gasteiger partial charge in [0.15, 0.2) is 11.5 Å². The number of furan rings is 1. The van der Waals surface area contributed by atoms with Crippen LogP contribution in [0.25, 0.3) is 5.76 Å². The van der Waals surface area contributed by atoms with Gasteiger partial charge in [-0.3, -0.25) is 4.31 Å². The highest BCUT2D eigenvalue weighted by Crippen LogP contribution is 2.38. The Bertz CT molecular complexity index is 990. The van der Waals surface area contributed by atoms with Gasteiger partial charge in [-0.1, -0.05) is 12.1 Å². The molecule has 0 aliphatic carbocycles. The largest absolute Gasteiger partial charge is 0.464 e. The Kier molecular flexibility index (Phi) is 4.56. The third-order valence-electron chi connectivity index (χ3n) is 3.75. The number of methoxy groups -OCH3 is 1. The van der Waals surface area contributed by atoms with Gasteiger partial charge >= 0.3 is 11.9 Å². The zero-order valence-corrected chi connectivity index (χ0v) is 14.8. The molecule has 0 radical (unpaired) electrons. The number of nitrogens with zero attached hydrogens (tertiary/aromatic N) is 1. The van der Waals surface area contributed by atoms with Crippen molar-refractivity contribution in [2.75, 3.05) is 13.7 Å². The SMILES string of the molecule is CCN1C(C(=O)OC)=C(OC(=O)c2ccco2)c2ccccc2S1(=O)=O. The molecule has 1 aliphatic rings. The zero-order valence-electron chi connectivity index (χ0n) is 14.0. The lowest BCUT2D eigenvalue weighted by atomic mass is 10.1. The second-order valence-corrected chi connectivity index (χ2v) is 7.03. The minimum Gasteiger partial charge on any atom is -0.464 e. The number of likely N-dealkylation sites (N-methyl/N-ethyl adjacent to an activating group) is 1. The van der Waals surface area contributed by atoms with Crippen molar-refractivity contribution >= 4 is 27.7 Å². The summed E-state index contributed by atoms with van der Waals surface area (Å²) < 4.78 is 41.6. The van der Waals surface area contributed by atoms with Gasteiger partial charge in [-0.15, -0.1) is 0 Å². The standard InChI is InChI=1S/C17H15NO7S/c1-3-18-14(17(20)23-2)15(25-16(19)12-8-6-10-24-12)11-7-4-5-9-13(11)26(18,21)22/h4-10H,3H2,1-2H3. The Balaban J connectivity index is 2.24. The minimum absolute atomic E-state index is 0.0527. The molecule has 0 spiro atoms. The second kappa shape index (κ2) is 6.68. The van der Waals surface area contributed by atoms with Crippen LogP contribution in [0.4, 0.5) is 0 Å². The number of hydrogen-bond acceptors (Lipinski definition) is 7. The summed E-state index contributed by atoms with van der Waals surface area (Å²) in [6, 6.07) is 8.84. The van der Waals surface area contributed by atoms with E-state index in [0.717, 1.165) is 11.4 Å². The fraction of sp³-hybridized carbons (Fsp3) is 0.176. The van der Waals surface area contributed by atoms with Crippen LogP contribution in [-0.4, -0.2) is 38.3 Å². The number of ether oxygens (including phenoxy) is 2. The molecule has 0 atom stereocenters. The maximum Gasteiger partial charge on any atom is 0.379 e. The van der Waals surface area contributed by atoms with Crippen molar-refractivity contribution in [1.29, 1.82) is 0 Å². The molecule has 0 N–H and O–H groups in total. The van der Waals surface area contributed by atoms with Crippen LogP contribution in [0.1, 0.15) is 23.0 Å². The van der Waals surface area contributed by atoms with E-state index in [4.69, 9.17) is 13.9 Å². The third kappa shape index (κ3) is 2.76. The van der Waals surface area contributed by atoms with E-state index in [1.807, 2.05) is 0 Å². The van der Waals surface area contributed by atoms with Crippen molar-refractivity contribution in [3.63, 3.8) is 0 Å². The first-order chi connectivity index (χ1) is 12.4. The first-order valence-corrected chi connectivity index (χ1v) is 9.06. The van der Waals surface area contributed by atoms with Crippen molar-refractivity contribution in [2.45, 2.75) is 11.8 Å². The molecule has 0 bridgehead atoms. The molecule has 0 saturated heterocycles. The van der Waals surface area contributed by atoms with E-state index < -0.39 is 22.0 Å². The molecule has 0 amide bonds. The molecule has 9 heteroatoms. The summed E-state index contributed by atoms with van der Waals surface area (Å²) in [6.45, 7) is 1.50. The maximum absolute atomic E-state index is 12.9. The number of esters is 2. The number of sulfonamides is 1.